The number of benzene rings is 1. The maximum absolute atomic E-state index is 6.41. The van der Waals surface area contributed by atoms with Crippen LogP contribution < -0.4 is 4.90 Å². The Bertz CT molecular complexity index is 437. The van der Waals surface area contributed by atoms with Crippen LogP contribution in [0.5, 0.6) is 0 Å². The maximum Gasteiger partial charge on any atom is 0.0642 e. The summed E-state index contributed by atoms with van der Waals surface area (Å²) in [5, 5.41) is 0.909. The lowest BCUT2D eigenvalue weighted by Gasteiger charge is -2.34. The average Bonchev–Trinajstić information content (AvgIpc) is 2.33. The first-order valence-electron chi connectivity index (χ1n) is 7.16. The zero-order chi connectivity index (χ0) is 13.2. The molecule has 3 rings (SSSR count). The Balaban J connectivity index is 1.63. The fraction of sp³-hybridized carbons (Fsp3) is 0.600. The zero-order valence-electron chi connectivity index (χ0n) is 11.6. The van der Waals surface area contributed by atoms with Gasteiger partial charge in [0.2, 0.25) is 0 Å². The summed E-state index contributed by atoms with van der Waals surface area (Å²) in [6.45, 7) is 7.96. The van der Waals surface area contributed by atoms with Crippen LogP contribution in [0.1, 0.15) is 12.0 Å². The van der Waals surface area contributed by atoms with Crippen LogP contribution in [0.3, 0.4) is 0 Å². The summed E-state index contributed by atoms with van der Waals surface area (Å²) < 4.78 is 0. The Morgan fingerprint density at radius 2 is 1.79 bits per heavy atom. The minimum absolute atomic E-state index is 0.909. The van der Waals surface area contributed by atoms with Gasteiger partial charge >= 0.3 is 0 Å². The van der Waals surface area contributed by atoms with E-state index < -0.39 is 0 Å². The van der Waals surface area contributed by atoms with Crippen molar-refractivity contribution in [3.8, 4) is 0 Å². The van der Waals surface area contributed by atoms with Gasteiger partial charge in [0.25, 0.3) is 0 Å². The number of hydrogen-bond donors (Lipinski definition) is 0. The summed E-state index contributed by atoms with van der Waals surface area (Å²) in [6.07, 6.45) is 1.29. The van der Waals surface area contributed by atoms with Crippen LogP contribution in [-0.2, 0) is 6.54 Å². The highest BCUT2D eigenvalue weighted by atomic mass is 35.5. The second-order valence-electron chi connectivity index (χ2n) is 5.71. The van der Waals surface area contributed by atoms with E-state index in [1.165, 1.54) is 30.8 Å². The van der Waals surface area contributed by atoms with E-state index in [9.17, 15) is 0 Å². The first-order chi connectivity index (χ1) is 9.22. The fourth-order valence-corrected chi connectivity index (χ4v) is 3.05. The first kappa shape index (κ1) is 13.2. The molecule has 0 amide bonds. The Morgan fingerprint density at radius 1 is 1.05 bits per heavy atom. The highest BCUT2D eigenvalue weighted by molar-refractivity contribution is 6.33. The molecule has 0 aliphatic carbocycles. The van der Waals surface area contributed by atoms with Gasteiger partial charge in [-0.25, -0.2) is 0 Å². The second-order valence-corrected chi connectivity index (χ2v) is 6.11. The quantitative estimate of drug-likeness (QED) is 0.841. The third-order valence-corrected chi connectivity index (χ3v) is 4.51. The number of nitrogens with zero attached hydrogens (tertiary/aromatic N) is 3. The Hall–Kier alpha value is -0.770. The summed E-state index contributed by atoms with van der Waals surface area (Å²) in [5.74, 6) is 0. The standard InChI is InChI=1S/C15H22ClN3/c1-17-7-9-18(10-8-17)12-13-3-4-15(14(16)11-13)19-5-2-6-19/h3-4,11H,2,5-10,12H2,1H3. The topological polar surface area (TPSA) is 9.72 Å². The predicted octanol–water partition coefficient (Wildman–Crippen LogP) is 2.30. The van der Waals surface area contributed by atoms with Crippen LogP contribution in [0.25, 0.3) is 0 Å². The Kier molecular flexibility index (Phi) is 3.96. The molecule has 0 aromatic heterocycles. The Labute approximate surface area is 120 Å². The van der Waals surface area contributed by atoms with Gasteiger partial charge in [0, 0.05) is 45.8 Å². The van der Waals surface area contributed by atoms with Gasteiger partial charge in [0.1, 0.15) is 0 Å². The number of hydrogen-bond acceptors (Lipinski definition) is 3. The SMILES string of the molecule is CN1CCN(Cc2ccc(N3CCC3)c(Cl)c2)CC1. The van der Waals surface area contributed by atoms with Crippen LogP contribution in [0.2, 0.25) is 5.02 Å². The van der Waals surface area contributed by atoms with E-state index in [2.05, 4.69) is 39.9 Å². The van der Waals surface area contributed by atoms with Gasteiger partial charge in [-0.3, -0.25) is 4.90 Å². The molecule has 0 N–H and O–H groups in total. The number of likely N-dealkylation sites (N-methyl/N-ethyl adjacent to an activating group) is 1. The van der Waals surface area contributed by atoms with Gasteiger partial charge < -0.3 is 9.80 Å². The summed E-state index contributed by atoms with van der Waals surface area (Å²) in [5.41, 5.74) is 2.54. The number of piperazine rings is 1. The lowest BCUT2D eigenvalue weighted by atomic mass is 10.1. The highest BCUT2D eigenvalue weighted by Crippen LogP contribution is 2.30. The molecule has 2 fully saturated rings. The molecule has 0 radical (unpaired) electrons. The van der Waals surface area contributed by atoms with E-state index >= 15 is 0 Å². The van der Waals surface area contributed by atoms with Crippen molar-refractivity contribution in [2.45, 2.75) is 13.0 Å². The second kappa shape index (κ2) is 5.70. The zero-order valence-corrected chi connectivity index (χ0v) is 12.4. The van der Waals surface area contributed by atoms with Crippen molar-refractivity contribution in [3.05, 3.63) is 28.8 Å². The van der Waals surface area contributed by atoms with Gasteiger partial charge in [0.05, 0.1) is 10.7 Å². The minimum atomic E-state index is 0.909. The van der Waals surface area contributed by atoms with Crippen molar-refractivity contribution in [1.29, 1.82) is 0 Å². The molecular formula is C15H22ClN3. The normalized spacial score (nSPS) is 21.5. The van der Waals surface area contributed by atoms with Crippen molar-refractivity contribution in [2.24, 2.45) is 0 Å². The van der Waals surface area contributed by atoms with E-state index in [1.807, 2.05) is 0 Å². The minimum Gasteiger partial charge on any atom is -0.370 e. The van der Waals surface area contributed by atoms with E-state index in [0.717, 1.165) is 37.7 Å². The average molecular weight is 280 g/mol. The molecular weight excluding hydrogens is 258 g/mol. The molecule has 1 aromatic rings. The van der Waals surface area contributed by atoms with Crippen molar-refractivity contribution < 1.29 is 0 Å². The van der Waals surface area contributed by atoms with E-state index in [0.29, 0.717) is 0 Å². The lowest BCUT2D eigenvalue weighted by molar-refractivity contribution is 0.148. The monoisotopic (exact) mass is 279 g/mol. The van der Waals surface area contributed by atoms with Crippen molar-refractivity contribution in [1.82, 2.24) is 9.80 Å². The van der Waals surface area contributed by atoms with Crippen LogP contribution in [-0.4, -0.2) is 56.1 Å². The largest absolute Gasteiger partial charge is 0.370 e. The van der Waals surface area contributed by atoms with Gasteiger partial charge in [-0.2, -0.15) is 0 Å². The van der Waals surface area contributed by atoms with Crippen LogP contribution in [0.4, 0.5) is 5.69 Å². The molecule has 3 nitrogen and oxygen atoms in total. The molecule has 2 heterocycles. The summed E-state index contributed by atoms with van der Waals surface area (Å²) in [6, 6.07) is 6.57. The molecule has 104 valence electrons. The number of anilines is 1. The molecule has 0 unspecified atom stereocenters. The number of halogens is 1. The smallest absolute Gasteiger partial charge is 0.0642 e. The van der Waals surface area contributed by atoms with Crippen molar-refractivity contribution >= 4 is 17.3 Å². The lowest BCUT2D eigenvalue weighted by Crippen LogP contribution is -2.43. The van der Waals surface area contributed by atoms with E-state index in [4.69, 9.17) is 11.6 Å². The van der Waals surface area contributed by atoms with Gasteiger partial charge in [-0.05, 0) is 31.2 Å². The van der Waals surface area contributed by atoms with Gasteiger partial charge in [-0.15, -0.1) is 0 Å². The molecule has 1 aromatic carbocycles. The Morgan fingerprint density at radius 3 is 2.37 bits per heavy atom. The molecule has 0 bridgehead atoms. The van der Waals surface area contributed by atoms with E-state index in [1.54, 1.807) is 0 Å². The summed E-state index contributed by atoms with van der Waals surface area (Å²) in [7, 11) is 2.19. The third-order valence-electron chi connectivity index (χ3n) is 4.21. The molecule has 0 atom stereocenters. The highest BCUT2D eigenvalue weighted by Gasteiger charge is 2.18. The van der Waals surface area contributed by atoms with Crippen molar-refractivity contribution in [3.63, 3.8) is 0 Å². The molecule has 2 aliphatic rings. The predicted molar refractivity (Wildman–Crippen MR) is 81.1 cm³/mol. The molecule has 0 saturated carbocycles. The first-order valence-corrected chi connectivity index (χ1v) is 7.54. The molecule has 2 aliphatic heterocycles. The molecule has 4 heteroatoms. The van der Waals surface area contributed by atoms with Crippen LogP contribution >= 0.6 is 11.6 Å². The number of rotatable bonds is 3. The fourth-order valence-electron chi connectivity index (χ4n) is 2.73. The van der Waals surface area contributed by atoms with E-state index in [-0.39, 0.29) is 0 Å². The van der Waals surface area contributed by atoms with Crippen LogP contribution in [0.15, 0.2) is 18.2 Å². The molecule has 19 heavy (non-hydrogen) atoms. The summed E-state index contributed by atoms with van der Waals surface area (Å²) in [4.78, 5) is 7.24. The third kappa shape index (κ3) is 3.04. The van der Waals surface area contributed by atoms with Crippen molar-refractivity contribution in [2.75, 3.05) is 51.2 Å². The van der Waals surface area contributed by atoms with Gasteiger partial charge in [0.15, 0.2) is 0 Å². The maximum atomic E-state index is 6.41. The van der Waals surface area contributed by atoms with Gasteiger partial charge in [-0.1, -0.05) is 17.7 Å². The summed E-state index contributed by atoms with van der Waals surface area (Å²) >= 11 is 6.41. The van der Waals surface area contributed by atoms with Crippen LogP contribution in [0, 0.1) is 0 Å². The molecule has 0 spiro atoms. The molecule has 2 saturated heterocycles.